The van der Waals surface area contributed by atoms with Gasteiger partial charge in [0.25, 0.3) is 0 Å². The Morgan fingerprint density at radius 2 is 2.00 bits per heavy atom. The molecule has 78 valence electrons. The van der Waals surface area contributed by atoms with Crippen molar-refractivity contribution in [3.8, 4) is 0 Å². The highest BCUT2D eigenvalue weighted by molar-refractivity contribution is 7.07. The third-order valence-corrected chi connectivity index (χ3v) is 3.22. The van der Waals surface area contributed by atoms with Gasteiger partial charge in [0.05, 0.1) is 0 Å². The number of hydrogen-bond acceptors (Lipinski definition) is 2. The van der Waals surface area contributed by atoms with Gasteiger partial charge in [-0.3, -0.25) is 0 Å². The summed E-state index contributed by atoms with van der Waals surface area (Å²) in [4.78, 5) is 0. The molecule has 0 aliphatic rings. The van der Waals surface area contributed by atoms with Gasteiger partial charge < -0.3 is 5.32 Å². The quantitative estimate of drug-likeness (QED) is 0.825. The number of thiophene rings is 1. The molecule has 1 aromatic heterocycles. The van der Waals surface area contributed by atoms with Crippen molar-refractivity contribution >= 4 is 11.3 Å². The lowest BCUT2D eigenvalue weighted by Crippen LogP contribution is -2.17. The number of benzene rings is 1. The van der Waals surface area contributed by atoms with Crippen molar-refractivity contribution in [2.75, 3.05) is 0 Å². The Bertz CT molecular complexity index is 380. The van der Waals surface area contributed by atoms with Crippen molar-refractivity contribution in [3.05, 3.63) is 58.3 Å². The molecule has 2 heteroatoms. The van der Waals surface area contributed by atoms with Gasteiger partial charge in [-0.2, -0.15) is 11.3 Å². The maximum absolute atomic E-state index is 3.51. The zero-order chi connectivity index (χ0) is 10.5. The Morgan fingerprint density at radius 3 is 2.67 bits per heavy atom. The van der Waals surface area contributed by atoms with E-state index in [1.54, 1.807) is 11.3 Å². The Morgan fingerprint density at radius 1 is 1.20 bits per heavy atom. The van der Waals surface area contributed by atoms with Crippen LogP contribution in [0.25, 0.3) is 0 Å². The first-order valence-electron chi connectivity index (χ1n) is 5.15. The molecule has 2 rings (SSSR count). The average molecular weight is 217 g/mol. The van der Waals surface area contributed by atoms with Crippen molar-refractivity contribution < 1.29 is 0 Å². The summed E-state index contributed by atoms with van der Waals surface area (Å²) in [5.74, 6) is 0. The fourth-order valence-electron chi connectivity index (χ4n) is 1.52. The van der Waals surface area contributed by atoms with Crippen LogP contribution in [-0.2, 0) is 6.54 Å². The summed E-state index contributed by atoms with van der Waals surface area (Å²) >= 11 is 1.75. The van der Waals surface area contributed by atoms with Crippen molar-refractivity contribution in [1.29, 1.82) is 0 Å². The highest BCUT2D eigenvalue weighted by Gasteiger charge is 2.03. The monoisotopic (exact) mass is 217 g/mol. The van der Waals surface area contributed by atoms with Gasteiger partial charge in [0.1, 0.15) is 0 Å². The zero-order valence-corrected chi connectivity index (χ0v) is 9.63. The lowest BCUT2D eigenvalue weighted by atomic mass is 10.1. The van der Waals surface area contributed by atoms with Gasteiger partial charge in [-0.1, -0.05) is 30.3 Å². The van der Waals surface area contributed by atoms with E-state index in [0.29, 0.717) is 6.04 Å². The standard InChI is InChI=1S/C13H15NS/c1-11(13-5-3-2-4-6-13)14-9-12-7-8-15-10-12/h2-8,10-11,14H,9H2,1H3. The van der Waals surface area contributed by atoms with E-state index in [1.807, 2.05) is 0 Å². The maximum atomic E-state index is 3.51. The Hall–Kier alpha value is -1.12. The Labute approximate surface area is 94.8 Å². The summed E-state index contributed by atoms with van der Waals surface area (Å²) in [6.45, 7) is 3.14. The number of hydrogen-bond donors (Lipinski definition) is 1. The van der Waals surface area contributed by atoms with Crippen molar-refractivity contribution in [2.45, 2.75) is 19.5 Å². The summed E-state index contributed by atoms with van der Waals surface area (Å²) in [7, 11) is 0. The molecule has 0 amide bonds. The molecule has 1 N–H and O–H groups in total. The van der Waals surface area contributed by atoms with Crippen LogP contribution in [0.3, 0.4) is 0 Å². The van der Waals surface area contributed by atoms with Crippen LogP contribution in [0.2, 0.25) is 0 Å². The molecular weight excluding hydrogens is 202 g/mol. The minimum Gasteiger partial charge on any atom is -0.306 e. The fraction of sp³-hybridized carbons (Fsp3) is 0.231. The molecule has 0 bridgehead atoms. The minimum absolute atomic E-state index is 0.408. The molecule has 1 atom stereocenters. The van der Waals surface area contributed by atoms with Gasteiger partial charge >= 0.3 is 0 Å². The van der Waals surface area contributed by atoms with Gasteiger partial charge in [-0.05, 0) is 34.9 Å². The smallest absolute Gasteiger partial charge is 0.0294 e. The molecule has 2 aromatic rings. The molecular formula is C13H15NS. The first kappa shape index (κ1) is 10.4. The second-order valence-electron chi connectivity index (χ2n) is 3.64. The SMILES string of the molecule is CC(NCc1ccsc1)c1ccccc1. The van der Waals surface area contributed by atoms with Crippen molar-refractivity contribution in [3.63, 3.8) is 0 Å². The van der Waals surface area contributed by atoms with Crippen LogP contribution in [0.5, 0.6) is 0 Å². The average Bonchev–Trinajstić information content (AvgIpc) is 2.80. The number of nitrogens with one attached hydrogen (secondary N) is 1. The molecule has 0 fully saturated rings. The van der Waals surface area contributed by atoms with Gasteiger partial charge in [-0.25, -0.2) is 0 Å². The normalized spacial score (nSPS) is 12.6. The van der Waals surface area contributed by atoms with Crippen LogP contribution < -0.4 is 5.32 Å². The lowest BCUT2D eigenvalue weighted by Gasteiger charge is -2.13. The van der Waals surface area contributed by atoms with E-state index < -0.39 is 0 Å². The summed E-state index contributed by atoms with van der Waals surface area (Å²) < 4.78 is 0. The topological polar surface area (TPSA) is 12.0 Å². The van der Waals surface area contributed by atoms with Crippen LogP contribution in [0, 0.1) is 0 Å². The maximum Gasteiger partial charge on any atom is 0.0294 e. The Balaban J connectivity index is 1.90. The molecule has 0 saturated carbocycles. The molecule has 1 aromatic carbocycles. The van der Waals surface area contributed by atoms with Gasteiger partial charge in [-0.15, -0.1) is 0 Å². The summed E-state index contributed by atoms with van der Waals surface area (Å²) in [6, 6.07) is 13.1. The molecule has 0 radical (unpaired) electrons. The van der Waals surface area contributed by atoms with E-state index in [0.717, 1.165) is 6.54 Å². The van der Waals surface area contributed by atoms with Crippen LogP contribution in [0.1, 0.15) is 24.1 Å². The highest BCUT2D eigenvalue weighted by Crippen LogP contribution is 2.13. The van der Waals surface area contributed by atoms with Crippen molar-refractivity contribution in [2.24, 2.45) is 0 Å². The third kappa shape index (κ3) is 2.91. The molecule has 1 heterocycles. The second-order valence-corrected chi connectivity index (χ2v) is 4.42. The van der Waals surface area contributed by atoms with E-state index in [9.17, 15) is 0 Å². The number of rotatable bonds is 4. The van der Waals surface area contributed by atoms with E-state index >= 15 is 0 Å². The minimum atomic E-state index is 0.408. The molecule has 0 aliphatic carbocycles. The van der Waals surface area contributed by atoms with Crippen LogP contribution in [0.15, 0.2) is 47.2 Å². The van der Waals surface area contributed by atoms with Crippen LogP contribution >= 0.6 is 11.3 Å². The van der Waals surface area contributed by atoms with Gasteiger partial charge in [0.15, 0.2) is 0 Å². The van der Waals surface area contributed by atoms with Gasteiger partial charge in [0.2, 0.25) is 0 Å². The van der Waals surface area contributed by atoms with Crippen molar-refractivity contribution in [1.82, 2.24) is 5.32 Å². The summed E-state index contributed by atoms with van der Waals surface area (Å²) in [6.07, 6.45) is 0. The molecule has 0 aliphatic heterocycles. The largest absolute Gasteiger partial charge is 0.306 e. The molecule has 1 unspecified atom stereocenters. The third-order valence-electron chi connectivity index (χ3n) is 2.49. The van der Waals surface area contributed by atoms with Crippen LogP contribution in [-0.4, -0.2) is 0 Å². The van der Waals surface area contributed by atoms with Crippen LogP contribution in [0.4, 0.5) is 0 Å². The summed E-state index contributed by atoms with van der Waals surface area (Å²) in [5.41, 5.74) is 2.70. The van der Waals surface area contributed by atoms with E-state index in [-0.39, 0.29) is 0 Å². The molecule has 1 nitrogen and oxygen atoms in total. The van der Waals surface area contributed by atoms with E-state index in [1.165, 1.54) is 11.1 Å². The molecule has 0 spiro atoms. The lowest BCUT2D eigenvalue weighted by molar-refractivity contribution is 0.575. The van der Waals surface area contributed by atoms with E-state index in [2.05, 4.69) is 59.4 Å². The second kappa shape index (κ2) is 5.10. The zero-order valence-electron chi connectivity index (χ0n) is 8.81. The molecule has 0 saturated heterocycles. The highest BCUT2D eigenvalue weighted by atomic mass is 32.1. The predicted octanol–water partition coefficient (Wildman–Crippen LogP) is 3.60. The predicted molar refractivity (Wildman–Crippen MR) is 66.0 cm³/mol. The fourth-order valence-corrected chi connectivity index (χ4v) is 2.19. The van der Waals surface area contributed by atoms with Gasteiger partial charge in [0, 0.05) is 12.6 Å². The molecule has 15 heavy (non-hydrogen) atoms. The first-order chi connectivity index (χ1) is 7.36. The summed E-state index contributed by atoms with van der Waals surface area (Å²) in [5, 5.41) is 7.81. The Kier molecular flexibility index (Phi) is 3.54. The first-order valence-corrected chi connectivity index (χ1v) is 6.10. The van der Waals surface area contributed by atoms with E-state index in [4.69, 9.17) is 0 Å².